The predicted octanol–water partition coefficient (Wildman–Crippen LogP) is 20.3. The van der Waals surface area contributed by atoms with E-state index in [0.717, 1.165) is 167 Å². The van der Waals surface area contributed by atoms with Gasteiger partial charge in [-0.3, -0.25) is 32.5 Å². The van der Waals surface area contributed by atoms with Crippen molar-refractivity contribution in [2.24, 2.45) is 0 Å². The summed E-state index contributed by atoms with van der Waals surface area (Å²) in [5.41, 5.74) is 0. The second-order valence-corrected chi connectivity index (χ2v) is 26.2. The highest BCUT2D eigenvalue weighted by Gasteiger charge is 2.29. The average Bonchev–Trinajstić information content (AvgIpc) is 2.05. The molecular formula is C77H126O16P2. The maximum absolute atomic E-state index is 12.9. The molecule has 540 valence electrons. The van der Waals surface area contributed by atoms with E-state index in [1.54, 1.807) is 0 Å². The number of ether oxygens (including phenoxy) is 3. The number of hydrogen-bond acceptors (Lipinski definition) is 14. The van der Waals surface area contributed by atoms with Crippen LogP contribution in [-0.4, -0.2) is 95.9 Å². The van der Waals surface area contributed by atoms with E-state index in [2.05, 4.69) is 167 Å². The molecule has 0 aromatic heterocycles. The Hall–Kier alpha value is -4.83. The van der Waals surface area contributed by atoms with Crippen LogP contribution < -0.4 is 0 Å². The lowest BCUT2D eigenvalue weighted by molar-refractivity contribution is -0.161. The molecular weight excluding hydrogens is 1240 g/mol. The van der Waals surface area contributed by atoms with Crippen LogP contribution in [0.4, 0.5) is 0 Å². The van der Waals surface area contributed by atoms with E-state index in [-0.39, 0.29) is 19.3 Å². The monoisotopic (exact) mass is 1370 g/mol. The molecule has 0 aromatic rings. The molecule has 0 aliphatic rings. The Morgan fingerprint density at radius 2 is 0.568 bits per heavy atom. The fourth-order valence-electron chi connectivity index (χ4n) is 8.81. The summed E-state index contributed by atoms with van der Waals surface area (Å²) in [5, 5.41) is 20.6. The third-order valence-corrected chi connectivity index (χ3v) is 16.1. The summed E-state index contributed by atoms with van der Waals surface area (Å²) in [5.74, 6) is -1.68. The van der Waals surface area contributed by atoms with E-state index >= 15 is 0 Å². The average molecular weight is 1370 g/mol. The standard InChI is InChI=1S/C77H126O16P2/c1-4-7-10-13-16-19-22-25-28-31-33-34-35-36-38-41-42-45-48-51-54-57-60-63-75(80)87-66-72(78)67-89-94(83,84)90-68-73(79)69-91-95(85,86)92-71-74(93-77(82)65-62-59-56-53-50-47-44-39-30-27-24-21-18-15-12-9-6-3)70-88-76(81)64-61-58-55-52-49-46-43-40-37-32-29-26-23-20-17-14-11-8-5-2/h7,9-10,12,16-21,25-30,33-34,36-38,40,44,47,53,56,72-74,78-79H,4-6,8,11,13-15,22-24,31-32,35,39,41-43,45-46,48-52,54-55,57-71H2,1-3H3,(H,83,84)(H,85,86)/b10-7-,12-9-,19-16-,20-17-,21-18-,28-25-,29-26-,30-27-,34-33-,38-36-,40-37-,47-44-,56-53-. The molecule has 18 heteroatoms. The molecule has 95 heavy (non-hydrogen) atoms. The minimum absolute atomic E-state index is 0.0175. The van der Waals surface area contributed by atoms with Crippen LogP contribution in [0.1, 0.15) is 252 Å². The molecule has 0 radical (unpaired) electrons. The van der Waals surface area contributed by atoms with Crippen molar-refractivity contribution in [1.82, 2.24) is 0 Å². The number of esters is 3. The van der Waals surface area contributed by atoms with Gasteiger partial charge in [-0.15, -0.1) is 0 Å². The number of hydrogen-bond donors (Lipinski definition) is 4. The third-order valence-electron chi connectivity index (χ3n) is 14.2. The summed E-state index contributed by atoms with van der Waals surface area (Å²) >= 11 is 0. The van der Waals surface area contributed by atoms with Crippen molar-refractivity contribution >= 4 is 33.6 Å². The topological polar surface area (TPSA) is 231 Å². The first-order chi connectivity index (χ1) is 46.2. The van der Waals surface area contributed by atoms with Crippen molar-refractivity contribution in [1.29, 1.82) is 0 Å². The van der Waals surface area contributed by atoms with Crippen molar-refractivity contribution in [3.8, 4) is 0 Å². The summed E-state index contributed by atoms with van der Waals surface area (Å²) in [7, 11) is -9.82. The van der Waals surface area contributed by atoms with Gasteiger partial charge in [-0.2, -0.15) is 0 Å². The molecule has 0 heterocycles. The summed E-state index contributed by atoms with van der Waals surface area (Å²) in [6.07, 6.45) is 84.4. The summed E-state index contributed by atoms with van der Waals surface area (Å²) in [4.78, 5) is 58.5. The van der Waals surface area contributed by atoms with E-state index < -0.39 is 91.5 Å². The van der Waals surface area contributed by atoms with Crippen LogP contribution in [0.2, 0.25) is 0 Å². The van der Waals surface area contributed by atoms with Gasteiger partial charge in [0.05, 0.1) is 26.4 Å². The van der Waals surface area contributed by atoms with Gasteiger partial charge in [0, 0.05) is 19.3 Å². The Labute approximate surface area is 574 Å². The number of rotatable bonds is 66. The van der Waals surface area contributed by atoms with Crippen molar-refractivity contribution in [3.05, 3.63) is 158 Å². The van der Waals surface area contributed by atoms with Gasteiger partial charge in [0.15, 0.2) is 6.10 Å². The maximum atomic E-state index is 12.9. The molecule has 0 aliphatic carbocycles. The number of carbonyl (C=O) groups excluding carboxylic acids is 3. The van der Waals surface area contributed by atoms with Gasteiger partial charge in [0.2, 0.25) is 0 Å². The first-order valence-corrected chi connectivity index (χ1v) is 38.8. The first-order valence-electron chi connectivity index (χ1n) is 35.8. The summed E-state index contributed by atoms with van der Waals surface area (Å²) in [6.45, 7) is 2.30. The zero-order valence-corrected chi connectivity index (χ0v) is 60.3. The lowest BCUT2D eigenvalue weighted by Gasteiger charge is -2.21. The van der Waals surface area contributed by atoms with Crippen LogP contribution in [0.5, 0.6) is 0 Å². The number of phosphoric ester groups is 2. The molecule has 0 saturated heterocycles. The zero-order chi connectivity index (χ0) is 69.5. The van der Waals surface area contributed by atoms with Gasteiger partial charge in [0.25, 0.3) is 0 Å². The molecule has 5 unspecified atom stereocenters. The normalized spacial score (nSPS) is 15.1. The minimum Gasteiger partial charge on any atom is -0.463 e. The van der Waals surface area contributed by atoms with E-state index in [1.165, 1.54) is 19.3 Å². The maximum Gasteiger partial charge on any atom is 0.472 e. The number of carbonyl (C=O) groups is 3. The zero-order valence-electron chi connectivity index (χ0n) is 58.5. The van der Waals surface area contributed by atoms with E-state index in [9.17, 15) is 43.5 Å². The molecule has 0 saturated carbocycles. The van der Waals surface area contributed by atoms with Crippen LogP contribution in [0.3, 0.4) is 0 Å². The summed E-state index contributed by atoms with van der Waals surface area (Å²) < 4.78 is 60.9. The first kappa shape index (κ1) is 90.2. The minimum atomic E-state index is -4.95. The van der Waals surface area contributed by atoms with Crippen LogP contribution in [-0.2, 0) is 55.8 Å². The molecule has 0 amide bonds. The van der Waals surface area contributed by atoms with Crippen molar-refractivity contribution in [2.75, 3.05) is 39.6 Å². The van der Waals surface area contributed by atoms with Crippen molar-refractivity contribution < 1.29 is 75.8 Å². The highest BCUT2D eigenvalue weighted by Crippen LogP contribution is 2.45. The van der Waals surface area contributed by atoms with Crippen LogP contribution >= 0.6 is 15.6 Å². The van der Waals surface area contributed by atoms with Gasteiger partial charge in [-0.05, 0) is 141 Å². The molecule has 16 nitrogen and oxygen atoms in total. The van der Waals surface area contributed by atoms with Gasteiger partial charge in [-0.1, -0.05) is 249 Å². The number of allylic oxidation sites excluding steroid dienone is 26. The highest BCUT2D eigenvalue weighted by atomic mass is 31.2. The lowest BCUT2D eigenvalue weighted by atomic mass is 10.1. The largest absolute Gasteiger partial charge is 0.472 e. The molecule has 5 atom stereocenters. The molecule has 0 bridgehead atoms. The Balaban J connectivity index is 4.73. The molecule has 0 rings (SSSR count). The highest BCUT2D eigenvalue weighted by molar-refractivity contribution is 7.47. The second-order valence-electron chi connectivity index (χ2n) is 23.3. The van der Waals surface area contributed by atoms with Crippen LogP contribution in [0.15, 0.2) is 158 Å². The number of unbranched alkanes of at least 4 members (excludes halogenated alkanes) is 17. The summed E-state index contributed by atoms with van der Waals surface area (Å²) in [6, 6.07) is 0. The van der Waals surface area contributed by atoms with E-state index in [0.29, 0.717) is 25.7 Å². The van der Waals surface area contributed by atoms with Crippen molar-refractivity contribution in [2.45, 2.75) is 270 Å². The Bertz CT molecular complexity index is 2360. The molecule has 0 aromatic carbocycles. The van der Waals surface area contributed by atoms with Gasteiger partial charge in [0.1, 0.15) is 25.4 Å². The van der Waals surface area contributed by atoms with Crippen LogP contribution in [0.25, 0.3) is 0 Å². The van der Waals surface area contributed by atoms with E-state index in [4.69, 9.17) is 32.3 Å². The number of phosphoric acid groups is 2. The van der Waals surface area contributed by atoms with Gasteiger partial charge < -0.3 is 34.2 Å². The molecule has 0 spiro atoms. The Kier molecular flexibility index (Phi) is 65.6. The quantitative estimate of drug-likeness (QED) is 0.0146. The smallest absolute Gasteiger partial charge is 0.463 e. The van der Waals surface area contributed by atoms with E-state index in [1.807, 2.05) is 12.2 Å². The van der Waals surface area contributed by atoms with Crippen molar-refractivity contribution in [3.63, 3.8) is 0 Å². The van der Waals surface area contributed by atoms with Crippen LogP contribution in [0, 0.1) is 0 Å². The lowest BCUT2D eigenvalue weighted by Crippen LogP contribution is -2.30. The Morgan fingerprint density at radius 3 is 0.916 bits per heavy atom. The predicted molar refractivity (Wildman–Crippen MR) is 389 cm³/mol. The molecule has 0 fully saturated rings. The SMILES string of the molecule is CC/C=C\C/C=C\C/C=C\C/C=C\C/C=C\CCCCCCCCCC(=O)OCC(O)COP(=O)(O)OCC(O)COP(=O)(O)OCC(COC(=O)CCCCCCCC/C=C\C/C=C\C/C=C\CCCCC)OC(=O)CCC/C=C\C/C=C\C/C=C\C/C=C\C/C=C\CC. The third kappa shape index (κ3) is 70.3. The van der Waals surface area contributed by atoms with Gasteiger partial charge in [-0.25, -0.2) is 9.13 Å². The fraction of sp³-hybridized carbons (Fsp3) is 0.623. The second kappa shape index (κ2) is 69.1. The van der Waals surface area contributed by atoms with Gasteiger partial charge >= 0.3 is 33.6 Å². The molecule has 0 aliphatic heterocycles. The number of aliphatic hydroxyl groups excluding tert-OH is 2. The fourth-order valence-corrected chi connectivity index (χ4v) is 10.4. The molecule has 4 N–H and O–H groups in total. The Morgan fingerprint density at radius 1 is 0.305 bits per heavy atom. The number of aliphatic hydroxyl groups is 2.